The zero-order chi connectivity index (χ0) is 12.1. The Labute approximate surface area is 113 Å². The van der Waals surface area contributed by atoms with Crippen molar-refractivity contribution in [1.82, 2.24) is 0 Å². The van der Waals surface area contributed by atoms with Crippen LogP contribution in [0, 0.1) is 0 Å². The Kier molecular flexibility index (Phi) is 5.66. The fourth-order valence-corrected chi connectivity index (χ4v) is 2.72. The second kappa shape index (κ2) is 6.52. The summed E-state index contributed by atoms with van der Waals surface area (Å²) in [6.07, 6.45) is 1.97. The van der Waals surface area contributed by atoms with E-state index < -0.39 is 0 Å². The van der Waals surface area contributed by atoms with Crippen LogP contribution in [0.3, 0.4) is 0 Å². The number of rotatable bonds is 4. The first-order chi connectivity index (χ1) is 7.61. The minimum absolute atomic E-state index is 0.302. The van der Waals surface area contributed by atoms with Crippen LogP contribution in [0.5, 0.6) is 0 Å². The lowest BCUT2D eigenvalue weighted by Crippen LogP contribution is -2.08. The van der Waals surface area contributed by atoms with Crippen LogP contribution in [0.4, 0.5) is 0 Å². The van der Waals surface area contributed by atoms with E-state index in [9.17, 15) is 4.79 Å². The maximum atomic E-state index is 11.7. The van der Waals surface area contributed by atoms with Crippen LogP contribution in [0.25, 0.3) is 0 Å². The molecule has 0 aliphatic rings. The highest BCUT2D eigenvalue weighted by Crippen LogP contribution is 2.31. The largest absolute Gasteiger partial charge is 0.462 e. The SMILES string of the molecule is CCOC(=O)c1ccc(Cl)c(Br)c1CSC. The van der Waals surface area contributed by atoms with Crippen molar-refractivity contribution < 1.29 is 9.53 Å². The van der Waals surface area contributed by atoms with Gasteiger partial charge in [-0.15, -0.1) is 0 Å². The third-order valence-corrected chi connectivity index (χ3v) is 4.01. The summed E-state index contributed by atoms with van der Waals surface area (Å²) >= 11 is 11.0. The maximum Gasteiger partial charge on any atom is 0.338 e. The Bertz CT molecular complexity index is 396. The zero-order valence-electron chi connectivity index (χ0n) is 9.05. The third-order valence-electron chi connectivity index (χ3n) is 1.98. The molecular weight excluding hydrogens is 312 g/mol. The topological polar surface area (TPSA) is 26.3 Å². The average Bonchev–Trinajstić information content (AvgIpc) is 2.25. The Morgan fingerprint density at radius 2 is 2.25 bits per heavy atom. The van der Waals surface area contributed by atoms with E-state index in [1.165, 1.54) is 0 Å². The van der Waals surface area contributed by atoms with Gasteiger partial charge in [0.05, 0.1) is 17.2 Å². The van der Waals surface area contributed by atoms with E-state index in [2.05, 4.69) is 15.9 Å². The average molecular weight is 324 g/mol. The van der Waals surface area contributed by atoms with Crippen molar-refractivity contribution >= 4 is 45.3 Å². The molecule has 0 heterocycles. The number of carbonyl (C=O) groups excluding carboxylic acids is 1. The summed E-state index contributed by atoms with van der Waals surface area (Å²) in [5, 5.41) is 0.608. The summed E-state index contributed by atoms with van der Waals surface area (Å²) in [6, 6.07) is 3.40. The molecule has 0 fully saturated rings. The standard InChI is InChI=1S/C11H12BrClO2S/c1-3-15-11(14)7-4-5-9(13)10(12)8(7)6-16-2/h4-5H,3,6H2,1-2H3. The second-order valence-electron chi connectivity index (χ2n) is 3.04. The maximum absolute atomic E-state index is 11.7. The van der Waals surface area contributed by atoms with E-state index in [-0.39, 0.29) is 5.97 Å². The summed E-state index contributed by atoms with van der Waals surface area (Å²) in [6.45, 7) is 2.16. The van der Waals surface area contributed by atoms with Crippen LogP contribution in [0.2, 0.25) is 5.02 Å². The van der Waals surface area contributed by atoms with Gasteiger partial charge in [-0.3, -0.25) is 0 Å². The first-order valence-electron chi connectivity index (χ1n) is 4.74. The van der Waals surface area contributed by atoms with Crippen molar-refractivity contribution in [2.45, 2.75) is 12.7 Å². The Hall–Kier alpha value is -0.190. The predicted octanol–water partition coefficient (Wildman–Crippen LogP) is 4.14. The Balaban J connectivity index is 3.17. The van der Waals surface area contributed by atoms with Gasteiger partial charge < -0.3 is 4.74 Å². The molecule has 0 aromatic heterocycles. The van der Waals surface area contributed by atoms with Gasteiger partial charge in [0.2, 0.25) is 0 Å². The molecule has 16 heavy (non-hydrogen) atoms. The van der Waals surface area contributed by atoms with Crippen LogP contribution in [-0.4, -0.2) is 18.8 Å². The summed E-state index contributed by atoms with van der Waals surface area (Å²) in [4.78, 5) is 11.7. The number of hydrogen-bond acceptors (Lipinski definition) is 3. The molecule has 2 nitrogen and oxygen atoms in total. The number of hydrogen-bond donors (Lipinski definition) is 0. The van der Waals surface area contributed by atoms with E-state index in [1.807, 2.05) is 6.26 Å². The lowest BCUT2D eigenvalue weighted by atomic mass is 10.1. The number of benzene rings is 1. The van der Waals surface area contributed by atoms with E-state index in [0.717, 1.165) is 15.8 Å². The van der Waals surface area contributed by atoms with Crippen LogP contribution < -0.4 is 0 Å². The summed E-state index contributed by atoms with van der Waals surface area (Å²) < 4.78 is 5.77. The monoisotopic (exact) mass is 322 g/mol. The predicted molar refractivity (Wildman–Crippen MR) is 72.3 cm³/mol. The normalized spacial score (nSPS) is 10.2. The molecule has 0 unspecified atom stereocenters. The fraction of sp³-hybridized carbons (Fsp3) is 0.364. The van der Waals surface area contributed by atoms with Crippen LogP contribution in [0.1, 0.15) is 22.8 Å². The van der Waals surface area contributed by atoms with Gasteiger partial charge in [0.1, 0.15) is 0 Å². The molecule has 1 rings (SSSR count). The van der Waals surface area contributed by atoms with Crippen molar-refractivity contribution in [3.05, 3.63) is 32.8 Å². The Morgan fingerprint density at radius 3 is 2.81 bits per heavy atom. The lowest BCUT2D eigenvalue weighted by molar-refractivity contribution is 0.0525. The summed E-state index contributed by atoms with van der Waals surface area (Å²) in [5.41, 5.74) is 1.46. The molecule has 1 aromatic carbocycles. The lowest BCUT2D eigenvalue weighted by Gasteiger charge is -2.11. The fourth-order valence-electron chi connectivity index (χ4n) is 1.28. The molecule has 0 saturated heterocycles. The van der Waals surface area contributed by atoms with Gasteiger partial charge in [-0.25, -0.2) is 4.79 Å². The van der Waals surface area contributed by atoms with Crippen molar-refractivity contribution in [3.63, 3.8) is 0 Å². The van der Waals surface area contributed by atoms with Crippen molar-refractivity contribution in [1.29, 1.82) is 0 Å². The van der Waals surface area contributed by atoms with E-state index >= 15 is 0 Å². The molecule has 5 heteroatoms. The van der Waals surface area contributed by atoms with Gasteiger partial charge in [0, 0.05) is 10.2 Å². The zero-order valence-corrected chi connectivity index (χ0v) is 12.2. The third kappa shape index (κ3) is 3.15. The van der Waals surface area contributed by atoms with E-state index in [1.54, 1.807) is 30.8 Å². The van der Waals surface area contributed by atoms with Gasteiger partial charge in [0.15, 0.2) is 0 Å². The van der Waals surface area contributed by atoms with Gasteiger partial charge in [-0.1, -0.05) is 11.6 Å². The van der Waals surface area contributed by atoms with Gasteiger partial charge in [-0.2, -0.15) is 11.8 Å². The van der Waals surface area contributed by atoms with Crippen molar-refractivity contribution in [3.8, 4) is 0 Å². The van der Waals surface area contributed by atoms with Gasteiger partial charge in [-0.05, 0) is 46.8 Å². The molecule has 0 atom stereocenters. The van der Waals surface area contributed by atoms with Crippen LogP contribution in [-0.2, 0) is 10.5 Å². The van der Waals surface area contributed by atoms with E-state index in [0.29, 0.717) is 17.2 Å². The molecule has 0 radical (unpaired) electrons. The molecule has 1 aromatic rings. The molecule has 0 N–H and O–H groups in total. The molecule has 0 spiro atoms. The number of ether oxygens (including phenoxy) is 1. The van der Waals surface area contributed by atoms with E-state index in [4.69, 9.17) is 16.3 Å². The van der Waals surface area contributed by atoms with Gasteiger partial charge in [0.25, 0.3) is 0 Å². The number of esters is 1. The molecule has 0 aliphatic carbocycles. The summed E-state index contributed by atoms with van der Waals surface area (Å²) in [5.74, 6) is 0.416. The highest BCUT2D eigenvalue weighted by molar-refractivity contribution is 9.10. The molecule has 0 bridgehead atoms. The first-order valence-corrected chi connectivity index (χ1v) is 7.31. The number of halogens is 2. The summed E-state index contributed by atoms with van der Waals surface area (Å²) in [7, 11) is 0. The Morgan fingerprint density at radius 1 is 1.56 bits per heavy atom. The molecule has 88 valence electrons. The first kappa shape index (κ1) is 13.9. The molecule has 0 saturated carbocycles. The van der Waals surface area contributed by atoms with Crippen LogP contribution >= 0.6 is 39.3 Å². The molecule has 0 amide bonds. The number of thioether (sulfide) groups is 1. The smallest absolute Gasteiger partial charge is 0.338 e. The van der Waals surface area contributed by atoms with Crippen molar-refractivity contribution in [2.75, 3.05) is 12.9 Å². The molecule has 0 aliphatic heterocycles. The van der Waals surface area contributed by atoms with Crippen molar-refractivity contribution in [2.24, 2.45) is 0 Å². The van der Waals surface area contributed by atoms with Crippen LogP contribution in [0.15, 0.2) is 16.6 Å². The minimum atomic E-state index is -0.302. The quantitative estimate of drug-likeness (QED) is 0.779. The number of carbonyl (C=O) groups is 1. The minimum Gasteiger partial charge on any atom is -0.462 e. The highest BCUT2D eigenvalue weighted by Gasteiger charge is 2.16. The second-order valence-corrected chi connectivity index (χ2v) is 5.11. The van der Waals surface area contributed by atoms with Gasteiger partial charge >= 0.3 is 5.97 Å². The molecular formula is C11H12BrClO2S. The highest BCUT2D eigenvalue weighted by atomic mass is 79.9.